The number of fused-ring (bicyclic) bond motifs is 2. The van der Waals surface area contributed by atoms with E-state index >= 15 is 0 Å². The molecule has 0 radical (unpaired) electrons. The maximum absolute atomic E-state index is 14.2. The summed E-state index contributed by atoms with van der Waals surface area (Å²) in [6, 6.07) is 0.449. The summed E-state index contributed by atoms with van der Waals surface area (Å²) in [6.45, 7) is 8.61. The van der Waals surface area contributed by atoms with Gasteiger partial charge in [-0.25, -0.2) is 4.79 Å². The summed E-state index contributed by atoms with van der Waals surface area (Å²) >= 11 is 0. The molecular formula is C35H61N6O5+3. The Labute approximate surface area is 274 Å². The lowest BCUT2D eigenvalue weighted by Crippen LogP contribution is -2.95. The normalized spacial score (nSPS) is 38.8. The van der Waals surface area contributed by atoms with Crippen molar-refractivity contribution < 1.29 is 39.5 Å². The Bertz CT molecular complexity index is 1190. The average molecular weight is 646 g/mol. The Morgan fingerprint density at radius 3 is 2.57 bits per heavy atom. The molecule has 0 aromatic rings. The molecule has 5 rings (SSSR count). The number of epoxide rings is 1. The Morgan fingerprint density at radius 1 is 1.15 bits per heavy atom. The van der Waals surface area contributed by atoms with E-state index in [-0.39, 0.29) is 48.6 Å². The van der Waals surface area contributed by atoms with Crippen LogP contribution >= 0.6 is 0 Å². The summed E-state index contributed by atoms with van der Waals surface area (Å²) in [5, 5.41) is 7.96. The van der Waals surface area contributed by atoms with Crippen LogP contribution in [0.25, 0.3) is 0 Å². The number of Topliss-reactive ketones (excluding diaryl/α,β-unsaturated/α-hetero) is 2. The van der Waals surface area contributed by atoms with E-state index in [1.807, 2.05) is 13.0 Å². The van der Waals surface area contributed by atoms with E-state index in [0.717, 1.165) is 63.6 Å². The van der Waals surface area contributed by atoms with Crippen LogP contribution in [0.1, 0.15) is 97.8 Å². The fourth-order valence-electron chi connectivity index (χ4n) is 9.27. The van der Waals surface area contributed by atoms with Gasteiger partial charge in [-0.2, -0.15) is 0 Å². The topological polar surface area (TPSA) is 184 Å². The van der Waals surface area contributed by atoms with Crippen molar-refractivity contribution in [3.05, 3.63) is 11.6 Å². The standard InChI is InChI=1S/C35H58N6O5/c1-5-22-11-12-27(39-6-2)24(18-22)20-45-32(44)35-31(43)26-10-8-7-9-25(26)30(42)34(35,46-35)15-13-21(3)17-28(41-33(37)38-4)23-14-16-40-29(36)19-23/h13,22-29,39-40H,5-12,14-20,36H2,1-4H3,(H3,37,38,41)/p+3. The minimum absolute atomic E-state index is 0.0533. The lowest BCUT2D eigenvalue weighted by molar-refractivity contribution is -0.699. The molecule has 46 heavy (non-hydrogen) atoms. The second-order valence-corrected chi connectivity index (χ2v) is 14.9. The molecule has 10 N–H and O–H groups in total. The van der Waals surface area contributed by atoms with Crippen LogP contribution in [-0.2, 0) is 23.9 Å². The monoisotopic (exact) mass is 645 g/mol. The molecule has 10 unspecified atom stereocenters. The summed E-state index contributed by atoms with van der Waals surface area (Å²) in [6.07, 6.45) is 12.3. The van der Waals surface area contributed by atoms with Crippen LogP contribution < -0.4 is 32.4 Å². The summed E-state index contributed by atoms with van der Waals surface area (Å²) in [5.41, 5.74) is 10.2. The number of nitrogens with one attached hydrogen (secondary N) is 2. The molecule has 0 bridgehead atoms. The van der Waals surface area contributed by atoms with E-state index in [1.165, 1.54) is 6.42 Å². The molecular weight excluding hydrogens is 584 g/mol. The number of piperidine rings is 1. The molecule has 11 nitrogen and oxygen atoms in total. The molecule has 10 atom stereocenters. The van der Waals surface area contributed by atoms with Gasteiger partial charge in [0, 0.05) is 49.4 Å². The number of hydrogen-bond donors (Lipinski definition) is 6. The van der Waals surface area contributed by atoms with Crippen LogP contribution in [0.3, 0.4) is 0 Å². The van der Waals surface area contributed by atoms with E-state index in [9.17, 15) is 14.4 Å². The molecule has 2 heterocycles. The van der Waals surface area contributed by atoms with Crippen LogP contribution in [0.2, 0.25) is 0 Å². The molecule has 0 amide bonds. The molecule has 2 aliphatic heterocycles. The van der Waals surface area contributed by atoms with Crippen molar-refractivity contribution in [2.24, 2.45) is 41.1 Å². The minimum atomic E-state index is -1.82. The van der Waals surface area contributed by atoms with Crippen molar-refractivity contribution in [2.75, 3.05) is 26.7 Å². The molecule has 3 aliphatic carbocycles. The first kappa shape index (κ1) is 35.0. The number of esters is 1. The van der Waals surface area contributed by atoms with Crippen molar-refractivity contribution in [3.8, 4) is 0 Å². The lowest BCUT2D eigenvalue weighted by Gasteiger charge is -2.37. The van der Waals surface area contributed by atoms with Gasteiger partial charge < -0.3 is 20.1 Å². The van der Waals surface area contributed by atoms with Crippen molar-refractivity contribution >= 4 is 23.5 Å². The first-order chi connectivity index (χ1) is 22.1. The summed E-state index contributed by atoms with van der Waals surface area (Å²) in [4.78, 5) is 45.5. The Balaban J connectivity index is 1.35. The van der Waals surface area contributed by atoms with Gasteiger partial charge in [0.15, 0.2) is 17.2 Å². The van der Waals surface area contributed by atoms with Gasteiger partial charge in [-0.15, -0.1) is 0 Å². The van der Waals surface area contributed by atoms with Gasteiger partial charge in [-0.05, 0) is 51.9 Å². The molecule has 5 aliphatic rings. The van der Waals surface area contributed by atoms with Crippen molar-refractivity contribution in [1.82, 2.24) is 5.32 Å². The molecule has 0 aromatic heterocycles. The number of quaternary nitrogens is 2. The molecule has 5 fully saturated rings. The summed E-state index contributed by atoms with van der Waals surface area (Å²) in [7, 11) is 1.79. The molecule has 0 aromatic carbocycles. The third kappa shape index (κ3) is 6.80. The van der Waals surface area contributed by atoms with Gasteiger partial charge in [0.1, 0.15) is 6.17 Å². The van der Waals surface area contributed by atoms with E-state index in [2.05, 4.69) is 34.8 Å². The maximum Gasteiger partial charge on any atom is 0.350 e. The van der Waals surface area contributed by atoms with Crippen LogP contribution in [-0.4, -0.2) is 79.7 Å². The highest BCUT2D eigenvalue weighted by Gasteiger charge is 2.86. The number of rotatable bonds is 12. The smallest absolute Gasteiger partial charge is 0.350 e. The second kappa shape index (κ2) is 14.8. The van der Waals surface area contributed by atoms with Gasteiger partial charge in [-0.3, -0.25) is 31.4 Å². The first-order valence-corrected chi connectivity index (χ1v) is 18.2. The zero-order valence-electron chi connectivity index (χ0n) is 28.7. The third-order valence-corrected chi connectivity index (χ3v) is 12.1. The Hall–Kier alpha value is -2.34. The number of carbonyl (C=O) groups is 3. The van der Waals surface area contributed by atoms with Gasteiger partial charge >= 0.3 is 11.9 Å². The highest BCUT2D eigenvalue weighted by Crippen LogP contribution is 2.61. The number of nitrogens with two attached hydrogens (primary N) is 4. The van der Waals surface area contributed by atoms with Gasteiger partial charge in [0.05, 0.1) is 38.8 Å². The highest BCUT2D eigenvalue weighted by atomic mass is 16.7. The van der Waals surface area contributed by atoms with Crippen LogP contribution in [0.4, 0.5) is 0 Å². The third-order valence-electron chi connectivity index (χ3n) is 12.1. The number of ketones is 2. The van der Waals surface area contributed by atoms with Crippen molar-refractivity contribution in [1.29, 1.82) is 0 Å². The highest BCUT2D eigenvalue weighted by molar-refractivity contribution is 6.23. The number of ether oxygens (including phenoxy) is 2. The maximum atomic E-state index is 14.2. The van der Waals surface area contributed by atoms with Crippen LogP contribution in [0, 0.1) is 29.6 Å². The fraction of sp³-hybridized carbons (Fsp3) is 0.829. The Kier molecular flexibility index (Phi) is 11.3. The average Bonchev–Trinajstić information content (AvgIpc) is 3.77. The molecule has 11 heteroatoms. The van der Waals surface area contributed by atoms with Gasteiger partial charge in [-0.1, -0.05) is 37.8 Å². The SMILES string of the molecule is CC[NH2+]C1CCC(CC)CC1COC(=O)C12OC1(CC=C(C)CC(NC(N)=[NH+]C)C1CC[NH2+]C(N)C1)C(=O)C1CCCCC1C2=O. The Morgan fingerprint density at radius 2 is 1.89 bits per heavy atom. The first-order valence-electron chi connectivity index (χ1n) is 18.2. The minimum Gasteiger partial charge on any atom is -0.463 e. The van der Waals surface area contributed by atoms with Crippen LogP contribution in [0.5, 0.6) is 0 Å². The molecule has 2 saturated heterocycles. The van der Waals surface area contributed by atoms with Gasteiger partial charge in [0.2, 0.25) is 0 Å². The van der Waals surface area contributed by atoms with Gasteiger partial charge in [0.25, 0.3) is 5.60 Å². The quantitative estimate of drug-likeness (QED) is 0.0380. The van der Waals surface area contributed by atoms with Crippen molar-refractivity contribution in [3.63, 3.8) is 0 Å². The lowest BCUT2D eigenvalue weighted by atomic mass is 9.61. The number of guanidine groups is 1. The predicted octanol–water partition coefficient (Wildman–Crippen LogP) is -1.26. The zero-order valence-corrected chi connectivity index (χ0v) is 28.7. The fourth-order valence-corrected chi connectivity index (χ4v) is 9.27. The zero-order chi connectivity index (χ0) is 33.1. The number of hydrogen-bond acceptors (Lipinski definition) is 6. The summed E-state index contributed by atoms with van der Waals surface area (Å²) in [5.74, 6) is -0.137. The molecule has 258 valence electrons. The molecule has 3 saturated carbocycles. The van der Waals surface area contributed by atoms with Crippen LogP contribution in [0.15, 0.2) is 11.6 Å². The number of carbonyl (C=O) groups excluding carboxylic acids is 3. The van der Waals surface area contributed by atoms with E-state index in [4.69, 9.17) is 20.9 Å². The predicted molar refractivity (Wildman–Crippen MR) is 174 cm³/mol. The molecule has 0 spiro atoms. The van der Waals surface area contributed by atoms with E-state index in [1.54, 1.807) is 7.05 Å². The summed E-state index contributed by atoms with van der Waals surface area (Å²) < 4.78 is 12.3. The van der Waals surface area contributed by atoms with E-state index < -0.39 is 23.1 Å². The van der Waals surface area contributed by atoms with E-state index in [0.29, 0.717) is 43.1 Å². The second-order valence-electron chi connectivity index (χ2n) is 14.9. The van der Waals surface area contributed by atoms with Crippen molar-refractivity contribution in [2.45, 2.75) is 127 Å². The largest absolute Gasteiger partial charge is 0.463 e.